The molecular weight excluding hydrogens is 242 g/mol. The molecule has 1 amide bonds. The maximum Gasteiger partial charge on any atom is 0.246 e. The maximum atomic E-state index is 12.2. The summed E-state index contributed by atoms with van der Waals surface area (Å²) >= 11 is 0. The van der Waals surface area contributed by atoms with Crippen molar-refractivity contribution in [1.82, 2.24) is 15.2 Å². The second-order valence-electron chi connectivity index (χ2n) is 4.63. The van der Waals surface area contributed by atoms with Crippen molar-refractivity contribution >= 4 is 11.7 Å². The largest absolute Gasteiger partial charge is 0.347 e. The molecule has 0 bridgehead atoms. The van der Waals surface area contributed by atoms with Crippen LogP contribution >= 0.6 is 0 Å². The Morgan fingerprint density at radius 3 is 3.11 bits per heavy atom. The van der Waals surface area contributed by atoms with Crippen molar-refractivity contribution in [3.05, 3.63) is 23.9 Å². The van der Waals surface area contributed by atoms with Gasteiger partial charge in [0.05, 0.1) is 5.56 Å². The van der Waals surface area contributed by atoms with Crippen LogP contribution in [0.25, 0.3) is 0 Å². The van der Waals surface area contributed by atoms with E-state index in [9.17, 15) is 4.79 Å². The van der Waals surface area contributed by atoms with Gasteiger partial charge in [0.15, 0.2) is 0 Å². The summed E-state index contributed by atoms with van der Waals surface area (Å²) in [7, 11) is 3.47. The van der Waals surface area contributed by atoms with Crippen molar-refractivity contribution in [2.75, 3.05) is 38.6 Å². The molecule has 0 aromatic carbocycles. The lowest BCUT2D eigenvalue weighted by molar-refractivity contribution is -0.130. The van der Waals surface area contributed by atoms with Gasteiger partial charge in [-0.05, 0) is 12.1 Å². The first-order valence-electron chi connectivity index (χ1n) is 6.18. The third kappa shape index (κ3) is 2.66. The first kappa shape index (κ1) is 13.3. The molecule has 1 aliphatic heterocycles. The van der Waals surface area contributed by atoms with Crippen LogP contribution in [0.15, 0.2) is 18.3 Å². The van der Waals surface area contributed by atoms with E-state index in [0.717, 1.165) is 6.54 Å². The molecule has 1 aromatic rings. The summed E-state index contributed by atoms with van der Waals surface area (Å²) in [5, 5.41) is 12.4. The van der Waals surface area contributed by atoms with Gasteiger partial charge in [-0.1, -0.05) is 0 Å². The number of carbonyl (C=O) groups excluding carboxylic acids is 1. The van der Waals surface area contributed by atoms with Gasteiger partial charge in [-0.15, -0.1) is 0 Å². The zero-order valence-electron chi connectivity index (χ0n) is 11.1. The number of pyridine rings is 1. The molecule has 1 N–H and O–H groups in total. The minimum atomic E-state index is -0.314. The van der Waals surface area contributed by atoms with E-state index >= 15 is 0 Å². The highest BCUT2D eigenvalue weighted by atomic mass is 16.2. The topological polar surface area (TPSA) is 72.3 Å². The third-order valence-electron chi connectivity index (χ3n) is 3.15. The van der Waals surface area contributed by atoms with Gasteiger partial charge < -0.3 is 15.1 Å². The summed E-state index contributed by atoms with van der Waals surface area (Å²) < 4.78 is 0. The SMILES string of the molecule is CN(C)C(=O)C1CNCCN1c1ncccc1C#N. The van der Waals surface area contributed by atoms with Crippen molar-refractivity contribution < 1.29 is 4.79 Å². The molecule has 0 aliphatic carbocycles. The van der Waals surface area contributed by atoms with Crippen LogP contribution in [0.3, 0.4) is 0 Å². The fourth-order valence-electron chi connectivity index (χ4n) is 2.19. The van der Waals surface area contributed by atoms with Crippen molar-refractivity contribution in [2.24, 2.45) is 0 Å². The minimum absolute atomic E-state index is 0.0155. The Kier molecular flexibility index (Phi) is 3.97. The van der Waals surface area contributed by atoms with Crippen LogP contribution in [-0.4, -0.2) is 55.6 Å². The van der Waals surface area contributed by atoms with E-state index in [0.29, 0.717) is 24.5 Å². The molecule has 1 saturated heterocycles. The van der Waals surface area contributed by atoms with Crippen LogP contribution < -0.4 is 10.2 Å². The van der Waals surface area contributed by atoms with E-state index in [1.165, 1.54) is 0 Å². The number of hydrogen-bond donors (Lipinski definition) is 1. The van der Waals surface area contributed by atoms with Crippen molar-refractivity contribution in [1.29, 1.82) is 5.26 Å². The Hall–Kier alpha value is -2.13. The number of nitrogens with one attached hydrogen (secondary N) is 1. The Morgan fingerprint density at radius 2 is 2.42 bits per heavy atom. The molecule has 1 unspecified atom stereocenters. The Morgan fingerprint density at radius 1 is 1.63 bits per heavy atom. The summed E-state index contributed by atoms with van der Waals surface area (Å²) in [6, 6.07) is 5.27. The highest BCUT2D eigenvalue weighted by Crippen LogP contribution is 2.20. The monoisotopic (exact) mass is 259 g/mol. The summed E-state index contributed by atoms with van der Waals surface area (Å²) in [5.41, 5.74) is 0.501. The molecule has 0 saturated carbocycles. The first-order valence-corrected chi connectivity index (χ1v) is 6.18. The Bertz CT molecular complexity index is 508. The molecule has 2 heterocycles. The van der Waals surface area contributed by atoms with Gasteiger partial charge >= 0.3 is 0 Å². The van der Waals surface area contributed by atoms with E-state index in [1.54, 1.807) is 37.3 Å². The Balaban J connectivity index is 2.35. The lowest BCUT2D eigenvalue weighted by atomic mass is 10.1. The fraction of sp³-hybridized carbons (Fsp3) is 0.462. The van der Waals surface area contributed by atoms with Crippen molar-refractivity contribution in [3.63, 3.8) is 0 Å². The highest BCUT2D eigenvalue weighted by molar-refractivity contribution is 5.85. The maximum absolute atomic E-state index is 12.2. The number of nitrogens with zero attached hydrogens (tertiary/aromatic N) is 4. The molecule has 100 valence electrons. The smallest absolute Gasteiger partial charge is 0.246 e. The summed E-state index contributed by atoms with van der Waals surface area (Å²) in [6.07, 6.45) is 1.65. The number of aromatic nitrogens is 1. The van der Waals surface area contributed by atoms with Crippen molar-refractivity contribution in [2.45, 2.75) is 6.04 Å². The number of rotatable bonds is 2. The van der Waals surface area contributed by atoms with Gasteiger partial charge in [0.2, 0.25) is 5.91 Å². The standard InChI is InChI=1S/C13H17N5O/c1-17(2)13(19)11-9-15-6-7-18(11)12-10(8-14)4-3-5-16-12/h3-5,11,15H,6-7,9H2,1-2H3. The van der Waals surface area contributed by atoms with Crippen LogP contribution in [0.1, 0.15) is 5.56 Å². The van der Waals surface area contributed by atoms with Crippen LogP contribution in [0.5, 0.6) is 0 Å². The average molecular weight is 259 g/mol. The quantitative estimate of drug-likeness (QED) is 0.797. The molecule has 1 aliphatic rings. The summed E-state index contributed by atoms with van der Waals surface area (Å²) in [4.78, 5) is 20.0. The number of carbonyl (C=O) groups is 1. The summed E-state index contributed by atoms with van der Waals surface area (Å²) in [5.74, 6) is 0.605. The second-order valence-corrected chi connectivity index (χ2v) is 4.63. The normalized spacial score (nSPS) is 18.8. The third-order valence-corrected chi connectivity index (χ3v) is 3.15. The number of nitriles is 1. The fourth-order valence-corrected chi connectivity index (χ4v) is 2.19. The average Bonchev–Trinajstić information content (AvgIpc) is 2.46. The van der Waals surface area contributed by atoms with Crippen LogP contribution in [-0.2, 0) is 4.79 Å². The molecule has 1 aromatic heterocycles. The van der Waals surface area contributed by atoms with Crippen LogP contribution in [0.4, 0.5) is 5.82 Å². The van der Waals surface area contributed by atoms with Crippen LogP contribution in [0.2, 0.25) is 0 Å². The van der Waals surface area contributed by atoms with Gasteiger partial charge in [-0.2, -0.15) is 5.26 Å². The zero-order chi connectivity index (χ0) is 13.8. The molecule has 6 heteroatoms. The molecule has 6 nitrogen and oxygen atoms in total. The van der Waals surface area contributed by atoms with Crippen LogP contribution in [0, 0.1) is 11.3 Å². The van der Waals surface area contributed by atoms with E-state index in [4.69, 9.17) is 5.26 Å². The molecular formula is C13H17N5O. The van der Waals surface area contributed by atoms with Gasteiger partial charge in [0.1, 0.15) is 17.9 Å². The van der Waals surface area contributed by atoms with E-state index < -0.39 is 0 Å². The molecule has 0 spiro atoms. The number of piperazine rings is 1. The number of anilines is 1. The molecule has 0 radical (unpaired) electrons. The Labute approximate surface area is 112 Å². The molecule has 1 fully saturated rings. The van der Waals surface area contributed by atoms with Crippen molar-refractivity contribution in [3.8, 4) is 6.07 Å². The van der Waals surface area contributed by atoms with Gasteiger partial charge in [-0.3, -0.25) is 4.79 Å². The molecule has 19 heavy (non-hydrogen) atoms. The summed E-state index contributed by atoms with van der Waals surface area (Å²) in [6.45, 7) is 2.01. The number of likely N-dealkylation sites (N-methyl/N-ethyl adjacent to an activating group) is 1. The molecule has 2 rings (SSSR count). The first-order chi connectivity index (χ1) is 9.15. The zero-order valence-corrected chi connectivity index (χ0v) is 11.1. The minimum Gasteiger partial charge on any atom is -0.347 e. The second kappa shape index (κ2) is 5.67. The highest BCUT2D eigenvalue weighted by Gasteiger charge is 2.31. The van der Waals surface area contributed by atoms with Gasteiger partial charge in [0, 0.05) is 39.9 Å². The number of amides is 1. The lowest BCUT2D eigenvalue weighted by Crippen LogP contribution is -2.58. The van der Waals surface area contributed by atoms with E-state index in [2.05, 4.69) is 16.4 Å². The molecule has 1 atom stereocenters. The predicted molar refractivity (Wildman–Crippen MR) is 71.6 cm³/mol. The number of hydrogen-bond acceptors (Lipinski definition) is 5. The van der Waals surface area contributed by atoms with Gasteiger partial charge in [-0.25, -0.2) is 4.98 Å². The lowest BCUT2D eigenvalue weighted by Gasteiger charge is -2.37. The predicted octanol–water partition coefficient (Wildman–Crippen LogP) is -0.180. The van der Waals surface area contributed by atoms with E-state index in [-0.39, 0.29) is 11.9 Å². The van der Waals surface area contributed by atoms with E-state index in [1.807, 2.05) is 4.90 Å². The van der Waals surface area contributed by atoms with Gasteiger partial charge in [0.25, 0.3) is 0 Å².